The van der Waals surface area contributed by atoms with E-state index >= 15 is 0 Å². The van der Waals surface area contributed by atoms with Crippen LogP contribution in [0.15, 0.2) is 29.6 Å². The molecule has 0 spiro atoms. The summed E-state index contributed by atoms with van der Waals surface area (Å²) in [6.45, 7) is 2.50. The third kappa shape index (κ3) is 5.67. The molecular weight excluding hydrogens is 374 g/mol. The van der Waals surface area contributed by atoms with Crippen LogP contribution in [-0.2, 0) is 11.2 Å². The van der Waals surface area contributed by atoms with Crippen molar-refractivity contribution in [1.29, 1.82) is 0 Å². The number of carbonyl (C=O) groups is 1. The van der Waals surface area contributed by atoms with E-state index in [1.807, 2.05) is 29.6 Å². The fraction of sp³-hybridized carbons (Fsp3) is 0.444. The van der Waals surface area contributed by atoms with Crippen LogP contribution in [0.2, 0.25) is 0 Å². The van der Waals surface area contributed by atoms with Crippen LogP contribution < -0.4 is 10.6 Å². The summed E-state index contributed by atoms with van der Waals surface area (Å²) in [5.41, 5.74) is 2.39. The van der Waals surface area contributed by atoms with Gasteiger partial charge < -0.3 is 15.2 Å². The molecule has 1 saturated heterocycles. The van der Waals surface area contributed by atoms with Crippen molar-refractivity contribution in [3.05, 3.63) is 35.3 Å². The van der Waals surface area contributed by atoms with Crippen molar-refractivity contribution in [3.63, 3.8) is 0 Å². The number of ether oxygens (including phenoxy) is 1. The number of benzene rings is 1. The summed E-state index contributed by atoms with van der Waals surface area (Å²) in [5.74, 6) is 0.433. The van der Waals surface area contributed by atoms with Crippen LogP contribution in [0.4, 0.5) is 10.5 Å². The first-order valence-electron chi connectivity index (χ1n) is 8.55. The van der Waals surface area contributed by atoms with Crippen LogP contribution >= 0.6 is 23.7 Å². The number of aromatic nitrogens is 1. The predicted molar refractivity (Wildman–Crippen MR) is 106 cm³/mol. The quantitative estimate of drug-likeness (QED) is 0.696. The molecule has 0 saturated carbocycles. The molecule has 3 N–H and O–H groups in total. The third-order valence-corrected chi connectivity index (χ3v) is 5.15. The van der Waals surface area contributed by atoms with Gasteiger partial charge >= 0.3 is 6.09 Å². The summed E-state index contributed by atoms with van der Waals surface area (Å²) in [5, 5.41) is 17.9. The number of aliphatic hydroxyl groups is 1. The average Bonchev–Trinajstić information content (AvgIpc) is 3.10. The maximum Gasteiger partial charge on any atom is 0.411 e. The van der Waals surface area contributed by atoms with Crippen molar-refractivity contribution in [2.24, 2.45) is 5.92 Å². The number of hydrogen-bond donors (Lipinski definition) is 3. The lowest BCUT2D eigenvalue weighted by atomic mass is 9.99. The van der Waals surface area contributed by atoms with Crippen molar-refractivity contribution in [2.75, 3.05) is 31.6 Å². The molecule has 1 amide bonds. The number of anilines is 1. The number of hydrogen-bond acceptors (Lipinski definition) is 6. The van der Waals surface area contributed by atoms with Gasteiger partial charge in [0.15, 0.2) is 0 Å². The Kier molecular flexibility index (Phi) is 8.31. The van der Waals surface area contributed by atoms with E-state index in [0.717, 1.165) is 42.2 Å². The molecule has 3 rings (SSSR count). The summed E-state index contributed by atoms with van der Waals surface area (Å²) in [4.78, 5) is 16.7. The Hall–Kier alpha value is -1.67. The molecule has 1 aliphatic heterocycles. The molecule has 0 unspecified atom stereocenters. The van der Waals surface area contributed by atoms with Gasteiger partial charge in [0.2, 0.25) is 0 Å². The van der Waals surface area contributed by atoms with Crippen molar-refractivity contribution >= 4 is 35.5 Å². The second kappa shape index (κ2) is 10.5. The Balaban J connectivity index is 0.00000243. The first-order chi connectivity index (χ1) is 12.3. The lowest BCUT2D eigenvalue weighted by Gasteiger charge is -2.22. The number of piperidine rings is 1. The number of thiazole rings is 1. The number of rotatable bonds is 6. The molecule has 1 aliphatic rings. The van der Waals surface area contributed by atoms with Gasteiger partial charge in [0, 0.05) is 24.0 Å². The van der Waals surface area contributed by atoms with Gasteiger partial charge in [-0.2, -0.15) is 0 Å². The third-order valence-electron chi connectivity index (χ3n) is 4.22. The van der Waals surface area contributed by atoms with Gasteiger partial charge in [0.1, 0.15) is 5.01 Å². The molecule has 1 fully saturated rings. The molecule has 1 aromatic carbocycles. The minimum atomic E-state index is -0.432. The first kappa shape index (κ1) is 20.6. The molecule has 0 atom stereocenters. The van der Waals surface area contributed by atoms with Crippen LogP contribution in [0.1, 0.15) is 18.5 Å². The van der Waals surface area contributed by atoms with Gasteiger partial charge in [0.05, 0.1) is 18.0 Å². The molecule has 8 heteroatoms. The van der Waals surface area contributed by atoms with Crippen LogP contribution in [0.3, 0.4) is 0 Å². The topological polar surface area (TPSA) is 83.5 Å². The van der Waals surface area contributed by atoms with E-state index in [1.54, 1.807) is 0 Å². The Morgan fingerprint density at radius 3 is 2.88 bits per heavy atom. The lowest BCUT2D eigenvalue weighted by Crippen LogP contribution is -2.31. The summed E-state index contributed by atoms with van der Waals surface area (Å²) >= 11 is 1.50. The highest BCUT2D eigenvalue weighted by atomic mass is 35.5. The molecular formula is C18H24ClN3O3S. The van der Waals surface area contributed by atoms with E-state index in [1.165, 1.54) is 11.3 Å². The molecule has 1 aromatic heterocycles. The summed E-state index contributed by atoms with van der Waals surface area (Å²) in [6.07, 6.45) is 2.18. The number of carbonyl (C=O) groups excluding carboxylic acids is 1. The van der Waals surface area contributed by atoms with Gasteiger partial charge in [0.25, 0.3) is 0 Å². The largest absolute Gasteiger partial charge is 0.449 e. The number of amides is 1. The van der Waals surface area contributed by atoms with Gasteiger partial charge in [-0.15, -0.1) is 23.7 Å². The maximum absolute atomic E-state index is 12.1. The zero-order valence-corrected chi connectivity index (χ0v) is 16.1. The lowest BCUT2D eigenvalue weighted by molar-refractivity contribution is 0.131. The van der Waals surface area contributed by atoms with Gasteiger partial charge in [-0.25, -0.2) is 9.78 Å². The standard InChI is InChI=1S/C18H23N3O3S.ClH/c22-10-7-14-12-25-17(20-14)15-3-1-2-4-16(15)21-18(23)24-11-13-5-8-19-9-6-13;/h1-4,12-13,19,22H,5-11H2,(H,21,23);1H. The Morgan fingerprint density at radius 1 is 1.35 bits per heavy atom. The number of para-hydroxylation sites is 1. The predicted octanol–water partition coefficient (Wildman–Crippen LogP) is 3.31. The Morgan fingerprint density at radius 2 is 2.12 bits per heavy atom. The molecule has 0 bridgehead atoms. The first-order valence-corrected chi connectivity index (χ1v) is 9.43. The summed E-state index contributed by atoms with van der Waals surface area (Å²) in [6, 6.07) is 7.54. The maximum atomic E-state index is 12.1. The van der Waals surface area contributed by atoms with Crippen LogP contribution in [0.25, 0.3) is 10.6 Å². The molecule has 2 heterocycles. The van der Waals surface area contributed by atoms with Crippen molar-refractivity contribution < 1.29 is 14.6 Å². The molecule has 6 nitrogen and oxygen atoms in total. The van der Waals surface area contributed by atoms with Crippen molar-refractivity contribution in [2.45, 2.75) is 19.3 Å². The molecule has 142 valence electrons. The highest BCUT2D eigenvalue weighted by molar-refractivity contribution is 7.13. The van der Waals surface area contributed by atoms with E-state index in [2.05, 4.69) is 15.6 Å². The molecule has 2 aromatic rings. The smallest absolute Gasteiger partial charge is 0.411 e. The van der Waals surface area contributed by atoms with Crippen LogP contribution in [0.5, 0.6) is 0 Å². The fourth-order valence-electron chi connectivity index (χ4n) is 2.83. The summed E-state index contributed by atoms with van der Waals surface area (Å²) in [7, 11) is 0. The zero-order valence-electron chi connectivity index (χ0n) is 14.4. The van der Waals surface area contributed by atoms with Crippen molar-refractivity contribution in [1.82, 2.24) is 10.3 Å². The van der Waals surface area contributed by atoms with Crippen LogP contribution in [-0.4, -0.2) is 42.5 Å². The number of halogens is 1. The van der Waals surface area contributed by atoms with E-state index in [-0.39, 0.29) is 19.0 Å². The van der Waals surface area contributed by atoms with E-state index < -0.39 is 6.09 Å². The van der Waals surface area contributed by atoms with Gasteiger partial charge in [-0.3, -0.25) is 5.32 Å². The number of nitrogens with one attached hydrogen (secondary N) is 2. The summed E-state index contributed by atoms with van der Waals surface area (Å²) < 4.78 is 5.39. The number of aliphatic hydroxyl groups excluding tert-OH is 1. The highest BCUT2D eigenvalue weighted by Crippen LogP contribution is 2.30. The second-order valence-electron chi connectivity index (χ2n) is 6.08. The second-order valence-corrected chi connectivity index (χ2v) is 6.94. The van der Waals surface area contributed by atoms with Gasteiger partial charge in [-0.1, -0.05) is 12.1 Å². The van der Waals surface area contributed by atoms with E-state index in [4.69, 9.17) is 9.84 Å². The van der Waals surface area contributed by atoms with Crippen LogP contribution in [0, 0.1) is 5.92 Å². The fourth-order valence-corrected chi connectivity index (χ4v) is 3.72. The molecule has 26 heavy (non-hydrogen) atoms. The normalized spacial score (nSPS) is 14.5. The SMILES string of the molecule is Cl.O=C(Nc1ccccc1-c1nc(CCO)cs1)OCC1CCNCC1. The molecule has 0 radical (unpaired) electrons. The Bertz CT molecular complexity index is 704. The monoisotopic (exact) mass is 397 g/mol. The molecule has 0 aliphatic carbocycles. The van der Waals surface area contributed by atoms with Gasteiger partial charge in [-0.05, 0) is 44.0 Å². The minimum Gasteiger partial charge on any atom is -0.449 e. The number of nitrogens with zero attached hydrogens (tertiary/aromatic N) is 1. The van der Waals surface area contributed by atoms with Crippen molar-refractivity contribution in [3.8, 4) is 10.6 Å². The average molecular weight is 398 g/mol. The highest BCUT2D eigenvalue weighted by Gasteiger charge is 2.16. The van der Waals surface area contributed by atoms with E-state index in [9.17, 15) is 4.79 Å². The Labute approximate surface area is 163 Å². The minimum absolute atomic E-state index is 0. The van der Waals surface area contributed by atoms with E-state index in [0.29, 0.717) is 24.6 Å². The zero-order chi connectivity index (χ0) is 17.5.